The Bertz CT molecular complexity index is 827. The maximum absolute atomic E-state index is 13.8. The van der Waals surface area contributed by atoms with Gasteiger partial charge < -0.3 is 9.88 Å². The smallest absolute Gasteiger partial charge is 0.237 e. The van der Waals surface area contributed by atoms with E-state index in [0.29, 0.717) is 5.16 Å². The van der Waals surface area contributed by atoms with Gasteiger partial charge in [0.2, 0.25) is 5.91 Å². The normalized spacial score (nSPS) is 13.5. The highest BCUT2D eigenvalue weighted by molar-refractivity contribution is 8.00. The summed E-state index contributed by atoms with van der Waals surface area (Å²) in [5.74, 6) is -0.996. The SMILES string of the molecule is CCCCn1c(SC(C)C(=O)Nc2ccc(F)cc2F)nnc1C(CC)N(C)C. The van der Waals surface area contributed by atoms with Crippen LogP contribution in [0.3, 0.4) is 0 Å². The van der Waals surface area contributed by atoms with E-state index in [-0.39, 0.29) is 17.6 Å². The predicted molar refractivity (Wildman–Crippen MR) is 112 cm³/mol. The molecule has 29 heavy (non-hydrogen) atoms. The van der Waals surface area contributed by atoms with Gasteiger partial charge in [-0.15, -0.1) is 10.2 Å². The Morgan fingerprint density at radius 2 is 2.00 bits per heavy atom. The number of unbranched alkanes of at least 4 members (excludes halogenated alkanes) is 1. The molecule has 1 amide bonds. The Morgan fingerprint density at radius 1 is 1.28 bits per heavy atom. The van der Waals surface area contributed by atoms with Gasteiger partial charge in [-0.05, 0) is 46.0 Å². The highest BCUT2D eigenvalue weighted by Gasteiger charge is 2.25. The molecule has 2 unspecified atom stereocenters. The molecule has 2 aromatic rings. The van der Waals surface area contributed by atoms with Crippen molar-refractivity contribution in [2.75, 3.05) is 19.4 Å². The molecule has 0 saturated carbocycles. The minimum atomic E-state index is -0.805. The molecule has 1 heterocycles. The third kappa shape index (κ3) is 5.99. The predicted octanol–water partition coefficient (Wildman–Crippen LogP) is 4.49. The number of carbonyl (C=O) groups is 1. The summed E-state index contributed by atoms with van der Waals surface area (Å²) < 4.78 is 28.9. The standard InChI is InChI=1S/C20H29F2N5OS/c1-6-8-11-27-18(17(7-2)26(4)5)24-25-20(27)29-13(3)19(28)23-16-10-9-14(21)12-15(16)22/h9-10,12-13,17H,6-8,11H2,1-5H3,(H,23,28). The summed E-state index contributed by atoms with van der Waals surface area (Å²) in [6.07, 6.45) is 2.89. The lowest BCUT2D eigenvalue weighted by atomic mass is 10.2. The van der Waals surface area contributed by atoms with E-state index in [2.05, 4.69) is 38.8 Å². The summed E-state index contributed by atoms with van der Waals surface area (Å²) in [5, 5.41) is 11.4. The average Bonchev–Trinajstić information content (AvgIpc) is 3.04. The van der Waals surface area contributed by atoms with Crippen LogP contribution in [-0.2, 0) is 11.3 Å². The number of benzene rings is 1. The molecule has 0 spiro atoms. The number of hydrogen-bond donors (Lipinski definition) is 1. The van der Waals surface area contributed by atoms with Crippen LogP contribution >= 0.6 is 11.8 Å². The zero-order chi connectivity index (χ0) is 21.6. The molecule has 1 N–H and O–H groups in total. The fourth-order valence-electron chi connectivity index (χ4n) is 2.98. The first-order valence-corrected chi connectivity index (χ1v) is 10.7. The summed E-state index contributed by atoms with van der Waals surface area (Å²) >= 11 is 1.28. The Hall–Kier alpha value is -2.00. The summed E-state index contributed by atoms with van der Waals surface area (Å²) in [6.45, 7) is 6.71. The second kappa shape index (κ2) is 10.7. The third-order valence-corrected chi connectivity index (χ3v) is 5.71. The summed E-state index contributed by atoms with van der Waals surface area (Å²) in [7, 11) is 4.01. The van der Waals surface area contributed by atoms with E-state index in [1.54, 1.807) is 6.92 Å². The van der Waals surface area contributed by atoms with Crippen molar-refractivity contribution in [2.45, 2.75) is 63.0 Å². The van der Waals surface area contributed by atoms with E-state index in [9.17, 15) is 13.6 Å². The number of anilines is 1. The molecule has 0 saturated heterocycles. The number of nitrogens with zero attached hydrogens (tertiary/aromatic N) is 4. The van der Waals surface area contributed by atoms with Gasteiger partial charge in [-0.25, -0.2) is 8.78 Å². The molecular formula is C20H29F2N5OS. The number of nitrogens with one attached hydrogen (secondary N) is 1. The first kappa shape index (κ1) is 23.3. The molecule has 1 aromatic heterocycles. The fourth-order valence-corrected chi connectivity index (χ4v) is 3.86. The van der Waals surface area contributed by atoms with Crippen LogP contribution in [0.5, 0.6) is 0 Å². The van der Waals surface area contributed by atoms with E-state index in [0.717, 1.165) is 43.8 Å². The van der Waals surface area contributed by atoms with Crippen molar-refractivity contribution in [3.05, 3.63) is 35.7 Å². The largest absolute Gasteiger partial charge is 0.323 e. The first-order chi connectivity index (χ1) is 13.8. The van der Waals surface area contributed by atoms with E-state index in [1.165, 1.54) is 17.8 Å². The topological polar surface area (TPSA) is 63.1 Å². The summed E-state index contributed by atoms with van der Waals surface area (Å²) in [4.78, 5) is 14.6. The second-order valence-electron chi connectivity index (χ2n) is 7.11. The average molecular weight is 426 g/mol. The van der Waals surface area contributed by atoms with Crippen molar-refractivity contribution < 1.29 is 13.6 Å². The molecule has 0 aliphatic rings. The highest BCUT2D eigenvalue weighted by Crippen LogP contribution is 2.28. The maximum Gasteiger partial charge on any atom is 0.237 e. The van der Waals surface area contributed by atoms with Crippen LogP contribution in [0.2, 0.25) is 0 Å². The lowest BCUT2D eigenvalue weighted by Crippen LogP contribution is -2.25. The van der Waals surface area contributed by atoms with Crippen molar-refractivity contribution in [3.63, 3.8) is 0 Å². The van der Waals surface area contributed by atoms with Crippen LogP contribution < -0.4 is 5.32 Å². The minimum absolute atomic E-state index is 0.0457. The van der Waals surface area contributed by atoms with Gasteiger partial charge in [0.15, 0.2) is 11.0 Å². The Kier molecular flexibility index (Phi) is 8.58. The maximum atomic E-state index is 13.8. The number of aromatic nitrogens is 3. The number of amides is 1. The van der Waals surface area contributed by atoms with Gasteiger partial charge in [0, 0.05) is 12.6 Å². The van der Waals surface area contributed by atoms with Gasteiger partial charge in [0.05, 0.1) is 17.0 Å². The van der Waals surface area contributed by atoms with Crippen LogP contribution in [0.15, 0.2) is 23.4 Å². The van der Waals surface area contributed by atoms with Crippen LogP contribution in [0.25, 0.3) is 0 Å². The third-order valence-electron chi connectivity index (χ3n) is 4.63. The van der Waals surface area contributed by atoms with E-state index >= 15 is 0 Å². The van der Waals surface area contributed by atoms with Crippen LogP contribution in [0.1, 0.15) is 51.9 Å². The molecule has 0 aliphatic heterocycles. The molecule has 160 valence electrons. The van der Waals surface area contributed by atoms with Gasteiger partial charge in [-0.3, -0.25) is 9.69 Å². The Labute approximate surface area is 175 Å². The number of hydrogen-bond acceptors (Lipinski definition) is 5. The van der Waals surface area contributed by atoms with E-state index < -0.39 is 16.9 Å². The van der Waals surface area contributed by atoms with Gasteiger partial charge in [0.1, 0.15) is 11.6 Å². The summed E-state index contributed by atoms with van der Waals surface area (Å²) in [5.41, 5.74) is -0.0457. The van der Waals surface area contributed by atoms with Crippen molar-refractivity contribution in [1.29, 1.82) is 0 Å². The fraction of sp³-hybridized carbons (Fsp3) is 0.550. The molecule has 9 heteroatoms. The zero-order valence-corrected chi connectivity index (χ0v) is 18.4. The highest BCUT2D eigenvalue weighted by atomic mass is 32.2. The Morgan fingerprint density at radius 3 is 2.59 bits per heavy atom. The molecule has 1 aromatic carbocycles. The second-order valence-corrected chi connectivity index (χ2v) is 8.42. The number of carbonyl (C=O) groups excluding carboxylic acids is 1. The number of rotatable bonds is 10. The van der Waals surface area contributed by atoms with E-state index in [1.807, 2.05) is 14.1 Å². The molecule has 6 nitrogen and oxygen atoms in total. The lowest BCUT2D eigenvalue weighted by molar-refractivity contribution is -0.115. The molecule has 0 radical (unpaired) electrons. The molecule has 2 rings (SSSR count). The van der Waals surface area contributed by atoms with Gasteiger partial charge >= 0.3 is 0 Å². The molecule has 0 aliphatic carbocycles. The lowest BCUT2D eigenvalue weighted by Gasteiger charge is -2.23. The molecule has 0 fully saturated rings. The van der Waals surface area contributed by atoms with Crippen molar-refractivity contribution >= 4 is 23.4 Å². The van der Waals surface area contributed by atoms with Crippen LogP contribution in [0.4, 0.5) is 14.5 Å². The first-order valence-electron chi connectivity index (χ1n) is 9.80. The number of thioether (sulfide) groups is 1. The van der Waals surface area contributed by atoms with Gasteiger partial charge in [0.25, 0.3) is 0 Å². The monoisotopic (exact) mass is 425 g/mol. The van der Waals surface area contributed by atoms with Crippen molar-refractivity contribution in [2.24, 2.45) is 0 Å². The quantitative estimate of drug-likeness (QED) is 0.569. The molecule has 0 bridgehead atoms. The van der Waals surface area contributed by atoms with Crippen LogP contribution in [-0.4, -0.2) is 44.9 Å². The number of halogens is 2. The summed E-state index contributed by atoms with van der Waals surface area (Å²) in [6, 6.07) is 3.19. The molecule has 2 atom stereocenters. The zero-order valence-electron chi connectivity index (χ0n) is 17.6. The van der Waals surface area contributed by atoms with E-state index in [4.69, 9.17) is 0 Å². The van der Waals surface area contributed by atoms with Crippen molar-refractivity contribution in [1.82, 2.24) is 19.7 Å². The van der Waals surface area contributed by atoms with Gasteiger partial charge in [-0.1, -0.05) is 32.0 Å². The van der Waals surface area contributed by atoms with Crippen LogP contribution in [0, 0.1) is 11.6 Å². The van der Waals surface area contributed by atoms with Gasteiger partial charge in [-0.2, -0.15) is 0 Å². The van der Waals surface area contributed by atoms with Crippen molar-refractivity contribution in [3.8, 4) is 0 Å². The Balaban J connectivity index is 2.18. The molecular weight excluding hydrogens is 396 g/mol. The minimum Gasteiger partial charge on any atom is -0.323 e.